The number of aromatic nitrogens is 2. The number of nitrogens with one attached hydrogen (secondary N) is 1. The van der Waals surface area contributed by atoms with Crippen LogP contribution in [0.3, 0.4) is 0 Å². The third kappa shape index (κ3) is 4.34. The lowest BCUT2D eigenvalue weighted by Gasteiger charge is -2.40. The van der Waals surface area contributed by atoms with E-state index in [2.05, 4.69) is 15.3 Å². The van der Waals surface area contributed by atoms with E-state index in [1.807, 2.05) is 0 Å². The zero-order valence-corrected chi connectivity index (χ0v) is 16.1. The Bertz CT molecular complexity index is 878. The molecule has 0 atom stereocenters. The van der Waals surface area contributed by atoms with Crippen molar-refractivity contribution in [1.29, 1.82) is 0 Å². The zero-order valence-electron chi connectivity index (χ0n) is 16.1. The van der Waals surface area contributed by atoms with Crippen LogP contribution >= 0.6 is 0 Å². The van der Waals surface area contributed by atoms with E-state index in [9.17, 15) is 18.3 Å². The molecule has 1 saturated heterocycles. The van der Waals surface area contributed by atoms with Crippen LogP contribution < -0.4 is 10.2 Å². The first kappa shape index (κ1) is 20.8. The van der Waals surface area contributed by atoms with Gasteiger partial charge in [-0.2, -0.15) is 17.6 Å². The molecule has 10 heteroatoms. The van der Waals surface area contributed by atoms with Crippen LogP contribution in [0, 0.1) is 11.2 Å². The molecule has 1 aliphatic carbocycles. The fraction of sp³-hybridized carbons (Fsp3) is 0.500. The van der Waals surface area contributed by atoms with Gasteiger partial charge >= 0.3 is 6.18 Å². The maximum absolute atomic E-state index is 15.2. The highest BCUT2D eigenvalue weighted by atomic mass is 19.4. The molecule has 1 saturated carbocycles. The van der Waals surface area contributed by atoms with Crippen molar-refractivity contribution in [3.63, 3.8) is 0 Å². The molecule has 2 aromatic rings. The van der Waals surface area contributed by atoms with E-state index in [4.69, 9.17) is 4.74 Å². The molecule has 1 aromatic carbocycles. The number of hydrogen-bond acceptors (Lipinski definition) is 6. The van der Waals surface area contributed by atoms with Crippen LogP contribution in [-0.2, 0) is 17.5 Å². The van der Waals surface area contributed by atoms with Crippen molar-refractivity contribution in [3.05, 3.63) is 47.5 Å². The first-order chi connectivity index (χ1) is 14.3. The molecule has 6 nitrogen and oxygen atoms in total. The molecule has 1 aliphatic heterocycles. The Morgan fingerprint density at radius 1 is 1.17 bits per heavy atom. The number of aliphatic hydroxyl groups excluding tert-OH is 1. The largest absolute Gasteiger partial charge is 0.416 e. The highest BCUT2D eigenvalue weighted by molar-refractivity contribution is 5.52. The lowest BCUT2D eigenvalue weighted by atomic mass is 9.87. The maximum atomic E-state index is 15.2. The number of alkyl halides is 3. The van der Waals surface area contributed by atoms with Gasteiger partial charge in [0.25, 0.3) is 0 Å². The summed E-state index contributed by atoms with van der Waals surface area (Å²) in [4.78, 5) is 9.83. The Kier molecular flexibility index (Phi) is 5.54. The molecule has 0 spiro atoms. The van der Waals surface area contributed by atoms with Crippen molar-refractivity contribution in [1.82, 2.24) is 9.97 Å². The van der Waals surface area contributed by atoms with Crippen LogP contribution in [0.2, 0.25) is 0 Å². The van der Waals surface area contributed by atoms with Crippen LogP contribution in [0.5, 0.6) is 0 Å². The van der Waals surface area contributed by atoms with Gasteiger partial charge in [0.1, 0.15) is 6.33 Å². The van der Waals surface area contributed by atoms with E-state index in [-0.39, 0.29) is 30.8 Å². The molecule has 2 aliphatic rings. The third-order valence-electron chi connectivity index (χ3n) is 5.45. The lowest BCUT2D eigenvalue weighted by Crippen LogP contribution is -2.50. The highest BCUT2D eigenvalue weighted by Crippen LogP contribution is 2.36. The summed E-state index contributed by atoms with van der Waals surface area (Å²) < 4.78 is 58.7. The molecule has 162 valence electrons. The van der Waals surface area contributed by atoms with Crippen molar-refractivity contribution in [2.75, 3.05) is 36.6 Å². The Morgan fingerprint density at radius 3 is 2.40 bits per heavy atom. The molecule has 4 rings (SSSR count). The van der Waals surface area contributed by atoms with Gasteiger partial charge in [0, 0.05) is 19.1 Å². The Morgan fingerprint density at radius 2 is 1.87 bits per heavy atom. The van der Waals surface area contributed by atoms with E-state index >= 15 is 4.39 Å². The van der Waals surface area contributed by atoms with Crippen LogP contribution in [-0.4, -0.2) is 47.5 Å². The summed E-state index contributed by atoms with van der Waals surface area (Å²) in [6.07, 6.45) is -1.42. The number of rotatable bonds is 8. The number of aliphatic hydroxyl groups is 1. The standard InChI is InChI=1S/C20H22F4N4O2/c21-16-17(25-8-19(9-29)10-30-11-19)26-12-27-18(16)28(15-5-6-15)7-13-1-3-14(4-2-13)20(22,23)24/h1-4,12,15,29H,5-11H2,(H,25,26,27). The second-order valence-electron chi connectivity index (χ2n) is 7.92. The van der Waals surface area contributed by atoms with E-state index in [0.717, 1.165) is 25.0 Å². The van der Waals surface area contributed by atoms with Gasteiger partial charge in [0.15, 0.2) is 11.6 Å². The average Bonchev–Trinajstić information content (AvgIpc) is 3.52. The van der Waals surface area contributed by atoms with Crippen molar-refractivity contribution in [2.45, 2.75) is 31.6 Å². The molecule has 1 aromatic heterocycles. The predicted molar refractivity (Wildman–Crippen MR) is 101 cm³/mol. The molecular formula is C20H22F4N4O2. The van der Waals surface area contributed by atoms with Gasteiger partial charge in [-0.15, -0.1) is 0 Å². The summed E-state index contributed by atoms with van der Waals surface area (Å²) in [5.74, 6) is -0.486. The van der Waals surface area contributed by atoms with Crippen molar-refractivity contribution in [2.24, 2.45) is 5.41 Å². The molecule has 0 radical (unpaired) electrons. The predicted octanol–water partition coefficient (Wildman–Crippen LogP) is 3.22. The smallest absolute Gasteiger partial charge is 0.396 e. The number of hydrogen-bond donors (Lipinski definition) is 2. The number of nitrogens with zero attached hydrogens (tertiary/aromatic N) is 3. The van der Waals surface area contributed by atoms with Gasteiger partial charge in [-0.3, -0.25) is 0 Å². The van der Waals surface area contributed by atoms with E-state index in [0.29, 0.717) is 25.3 Å². The second-order valence-corrected chi connectivity index (χ2v) is 7.92. The van der Waals surface area contributed by atoms with Gasteiger partial charge in [-0.1, -0.05) is 12.1 Å². The first-order valence-electron chi connectivity index (χ1n) is 9.67. The van der Waals surface area contributed by atoms with Crippen molar-refractivity contribution in [3.8, 4) is 0 Å². The van der Waals surface area contributed by atoms with Crippen LogP contribution in [0.25, 0.3) is 0 Å². The highest BCUT2D eigenvalue weighted by Gasteiger charge is 2.39. The minimum Gasteiger partial charge on any atom is -0.396 e. The minimum absolute atomic E-state index is 0.0257. The molecule has 0 amide bonds. The van der Waals surface area contributed by atoms with Gasteiger partial charge in [0.2, 0.25) is 5.82 Å². The Balaban J connectivity index is 1.51. The summed E-state index contributed by atoms with van der Waals surface area (Å²) in [6.45, 7) is 1.24. The van der Waals surface area contributed by atoms with Crippen molar-refractivity contribution < 1.29 is 27.4 Å². The van der Waals surface area contributed by atoms with Gasteiger partial charge in [0.05, 0.1) is 30.8 Å². The topological polar surface area (TPSA) is 70.5 Å². The number of halogens is 4. The first-order valence-corrected chi connectivity index (χ1v) is 9.67. The molecule has 2 heterocycles. The number of ether oxygens (including phenoxy) is 1. The Labute approximate surface area is 170 Å². The average molecular weight is 426 g/mol. The van der Waals surface area contributed by atoms with E-state index in [1.165, 1.54) is 18.5 Å². The van der Waals surface area contributed by atoms with Crippen LogP contribution in [0.15, 0.2) is 30.6 Å². The number of benzene rings is 1. The van der Waals surface area contributed by atoms with Gasteiger partial charge in [-0.25, -0.2) is 9.97 Å². The normalized spacial score (nSPS) is 18.0. The summed E-state index contributed by atoms with van der Waals surface area (Å²) in [7, 11) is 0. The minimum atomic E-state index is -4.40. The quantitative estimate of drug-likeness (QED) is 0.632. The van der Waals surface area contributed by atoms with E-state index in [1.54, 1.807) is 4.90 Å². The SMILES string of the molecule is OCC1(CNc2ncnc(N(Cc3ccc(C(F)(F)F)cc3)C3CC3)c2F)COC1. The molecular weight excluding hydrogens is 404 g/mol. The zero-order chi connectivity index (χ0) is 21.4. The molecule has 30 heavy (non-hydrogen) atoms. The summed E-state index contributed by atoms with van der Waals surface area (Å²) in [6, 6.07) is 4.93. The van der Waals surface area contributed by atoms with Crippen LogP contribution in [0.4, 0.5) is 29.2 Å². The molecule has 2 N–H and O–H groups in total. The Hall–Kier alpha value is -2.46. The summed E-state index contributed by atoms with van der Waals surface area (Å²) in [5.41, 5.74) is -0.538. The van der Waals surface area contributed by atoms with E-state index < -0.39 is 23.0 Å². The third-order valence-corrected chi connectivity index (χ3v) is 5.45. The van der Waals surface area contributed by atoms with Crippen LogP contribution in [0.1, 0.15) is 24.0 Å². The number of anilines is 2. The molecule has 0 unspecified atom stereocenters. The fourth-order valence-corrected chi connectivity index (χ4v) is 3.35. The molecule has 2 fully saturated rings. The van der Waals surface area contributed by atoms with Crippen molar-refractivity contribution >= 4 is 11.6 Å². The monoisotopic (exact) mass is 426 g/mol. The lowest BCUT2D eigenvalue weighted by molar-refractivity contribution is -0.137. The fourth-order valence-electron chi connectivity index (χ4n) is 3.35. The summed E-state index contributed by atoms with van der Waals surface area (Å²) in [5, 5.41) is 12.4. The maximum Gasteiger partial charge on any atom is 0.416 e. The molecule has 0 bridgehead atoms. The van der Waals surface area contributed by atoms with Gasteiger partial charge in [-0.05, 0) is 30.5 Å². The second kappa shape index (κ2) is 7.99. The van der Waals surface area contributed by atoms with Gasteiger partial charge < -0.3 is 20.1 Å². The summed E-state index contributed by atoms with van der Waals surface area (Å²) >= 11 is 0.